The third-order valence-corrected chi connectivity index (χ3v) is 6.71. The lowest BCUT2D eigenvalue weighted by atomic mass is 10.1. The molecule has 1 amide bonds. The second-order valence-corrected chi connectivity index (χ2v) is 9.04. The summed E-state index contributed by atoms with van der Waals surface area (Å²) < 4.78 is 1.56. The summed E-state index contributed by atoms with van der Waals surface area (Å²) in [6.45, 7) is 4.01. The third kappa shape index (κ3) is 4.67. The molecule has 0 saturated carbocycles. The predicted octanol–water partition coefficient (Wildman–Crippen LogP) is 6.04. The van der Waals surface area contributed by atoms with E-state index in [2.05, 4.69) is 10.3 Å². The number of halogens is 2. The molecule has 0 aliphatic heterocycles. The van der Waals surface area contributed by atoms with Gasteiger partial charge in [0.1, 0.15) is 0 Å². The molecule has 1 heterocycles. The lowest BCUT2D eigenvalue weighted by molar-refractivity contribution is -0.113. The number of hydrogen-bond acceptors (Lipinski definition) is 4. The zero-order valence-corrected chi connectivity index (χ0v) is 19.7. The number of aryl methyl sites for hydroxylation is 2. The minimum Gasteiger partial charge on any atom is -0.325 e. The fourth-order valence-electron chi connectivity index (χ4n) is 3.20. The van der Waals surface area contributed by atoms with Crippen LogP contribution in [0.4, 0.5) is 5.69 Å². The number of carbonyl (C=O) groups excluding carboxylic acids is 1. The highest BCUT2D eigenvalue weighted by Crippen LogP contribution is 2.26. The Labute approximate surface area is 199 Å². The highest BCUT2D eigenvalue weighted by molar-refractivity contribution is 7.99. The molecule has 0 radical (unpaired) electrons. The molecule has 32 heavy (non-hydrogen) atoms. The van der Waals surface area contributed by atoms with Crippen molar-refractivity contribution >= 4 is 57.5 Å². The smallest absolute Gasteiger partial charge is 0.266 e. The Morgan fingerprint density at radius 3 is 2.53 bits per heavy atom. The van der Waals surface area contributed by atoms with Gasteiger partial charge < -0.3 is 5.32 Å². The molecule has 0 unspecified atom stereocenters. The number of para-hydroxylation sites is 1. The van der Waals surface area contributed by atoms with E-state index in [0.29, 0.717) is 37.5 Å². The van der Waals surface area contributed by atoms with E-state index in [0.717, 1.165) is 11.1 Å². The molecule has 0 aliphatic carbocycles. The summed E-state index contributed by atoms with van der Waals surface area (Å²) in [6.07, 6.45) is 0. The van der Waals surface area contributed by atoms with Crippen molar-refractivity contribution in [3.8, 4) is 5.69 Å². The summed E-state index contributed by atoms with van der Waals surface area (Å²) >= 11 is 13.1. The fraction of sp³-hybridized carbons (Fsp3) is 0.125. The van der Waals surface area contributed by atoms with E-state index in [1.54, 1.807) is 34.9 Å². The first-order valence-corrected chi connectivity index (χ1v) is 11.5. The van der Waals surface area contributed by atoms with Crippen molar-refractivity contribution in [2.24, 2.45) is 0 Å². The largest absolute Gasteiger partial charge is 0.325 e. The van der Waals surface area contributed by atoms with E-state index in [1.165, 1.54) is 11.8 Å². The van der Waals surface area contributed by atoms with Gasteiger partial charge in [-0.25, -0.2) is 4.98 Å². The highest BCUT2D eigenvalue weighted by Gasteiger charge is 2.15. The maximum absolute atomic E-state index is 13.3. The maximum Gasteiger partial charge on any atom is 0.266 e. The van der Waals surface area contributed by atoms with Crippen LogP contribution in [0.1, 0.15) is 11.1 Å². The minimum absolute atomic E-state index is 0.0653. The van der Waals surface area contributed by atoms with E-state index < -0.39 is 0 Å². The van der Waals surface area contributed by atoms with Gasteiger partial charge in [-0.3, -0.25) is 14.2 Å². The molecule has 1 N–H and O–H groups in total. The molecule has 5 nitrogen and oxygen atoms in total. The van der Waals surface area contributed by atoms with Gasteiger partial charge in [-0.1, -0.05) is 53.2 Å². The fourth-order valence-corrected chi connectivity index (χ4v) is 4.31. The van der Waals surface area contributed by atoms with Crippen LogP contribution >= 0.6 is 35.0 Å². The van der Waals surface area contributed by atoms with E-state index in [4.69, 9.17) is 23.2 Å². The monoisotopic (exact) mass is 483 g/mol. The number of nitrogens with one attached hydrogen (secondary N) is 1. The zero-order chi connectivity index (χ0) is 22.8. The van der Waals surface area contributed by atoms with Gasteiger partial charge >= 0.3 is 0 Å². The van der Waals surface area contributed by atoms with Gasteiger partial charge in [0.2, 0.25) is 5.91 Å². The van der Waals surface area contributed by atoms with Crippen LogP contribution in [0.2, 0.25) is 10.0 Å². The number of fused-ring (bicyclic) bond motifs is 1. The second kappa shape index (κ2) is 9.36. The summed E-state index contributed by atoms with van der Waals surface area (Å²) in [4.78, 5) is 30.6. The molecule has 4 rings (SSSR count). The Morgan fingerprint density at radius 2 is 1.78 bits per heavy atom. The SMILES string of the molecule is Cc1ccc(-n2c(SCC(=O)Nc3ccc(Cl)c(Cl)c3)nc3ccccc3c2=O)cc1C. The summed E-state index contributed by atoms with van der Waals surface area (Å²) in [7, 11) is 0. The van der Waals surface area contributed by atoms with Crippen molar-refractivity contribution in [3.63, 3.8) is 0 Å². The van der Waals surface area contributed by atoms with Crippen molar-refractivity contribution in [3.05, 3.63) is 92.2 Å². The van der Waals surface area contributed by atoms with Crippen LogP contribution in [0.3, 0.4) is 0 Å². The first-order chi connectivity index (χ1) is 15.3. The normalized spacial score (nSPS) is 11.0. The summed E-state index contributed by atoms with van der Waals surface area (Å²) in [6, 6.07) is 17.9. The summed E-state index contributed by atoms with van der Waals surface area (Å²) in [5, 5.41) is 4.53. The number of thioether (sulfide) groups is 1. The molecule has 0 aliphatic rings. The number of benzene rings is 3. The second-order valence-electron chi connectivity index (χ2n) is 7.29. The molecule has 3 aromatic carbocycles. The molecule has 0 atom stereocenters. The van der Waals surface area contributed by atoms with Crippen LogP contribution in [0.15, 0.2) is 70.6 Å². The van der Waals surface area contributed by atoms with E-state index in [9.17, 15) is 9.59 Å². The van der Waals surface area contributed by atoms with Crippen molar-refractivity contribution in [1.82, 2.24) is 9.55 Å². The number of nitrogens with zero attached hydrogens (tertiary/aromatic N) is 2. The van der Waals surface area contributed by atoms with E-state index in [-0.39, 0.29) is 17.2 Å². The summed E-state index contributed by atoms with van der Waals surface area (Å²) in [5.41, 5.74) is 3.87. The van der Waals surface area contributed by atoms with Gasteiger partial charge in [0.05, 0.1) is 32.4 Å². The van der Waals surface area contributed by atoms with Crippen LogP contribution in [-0.4, -0.2) is 21.2 Å². The predicted molar refractivity (Wildman–Crippen MR) is 133 cm³/mol. The van der Waals surface area contributed by atoms with Gasteiger partial charge in [-0.2, -0.15) is 0 Å². The Kier molecular flexibility index (Phi) is 6.55. The van der Waals surface area contributed by atoms with Crippen LogP contribution in [0.5, 0.6) is 0 Å². The van der Waals surface area contributed by atoms with Gasteiger partial charge in [0.15, 0.2) is 5.16 Å². The molecule has 0 saturated heterocycles. The molecule has 8 heteroatoms. The topological polar surface area (TPSA) is 64.0 Å². The van der Waals surface area contributed by atoms with E-state index in [1.807, 2.05) is 44.2 Å². The van der Waals surface area contributed by atoms with Crippen LogP contribution < -0.4 is 10.9 Å². The van der Waals surface area contributed by atoms with Crippen molar-refractivity contribution in [2.75, 3.05) is 11.1 Å². The van der Waals surface area contributed by atoms with E-state index >= 15 is 0 Å². The minimum atomic E-state index is -0.248. The first-order valence-electron chi connectivity index (χ1n) is 9.80. The number of hydrogen-bond donors (Lipinski definition) is 1. The quantitative estimate of drug-likeness (QED) is 0.277. The Balaban J connectivity index is 1.67. The molecule has 162 valence electrons. The average Bonchev–Trinajstić information content (AvgIpc) is 2.77. The lowest BCUT2D eigenvalue weighted by Gasteiger charge is -2.14. The molecular formula is C24H19Cl2N3O2S. The Hall–Kier alpha value is -2.80. The van der Waals surface area contributed by atoms with Gasteiger partial charge in [-0.05, 0) is 67.4 Å². The molecule has 1 aromatic heterocycles. The number of anilines is 1. The average molecular weight is 484 g/mol. The Morgan fingerprint density at radius 1 is 1.00 bits per heavy atom. The highest BCUT2D eigenvalue weighted by atomic mass is 35.5. The Bertz CT molecular complexity index is 1400. The maximum atomic E-state index is 13.3. The molecular weight excluding hydrogens is 465 g/mol. The summed E-state index contributed by atoms with van der Waals surface area (Å²) in [5.74, 6) is -0.182. The van der Waals surface area contributed by atoms with Crippen LogP contribution in [0.25, 0.3) is 16.6 Å². The molecule has 4 aromatic rings. The molecule has 0 fully saturated rings. The van der Waals surface area contributed by atoms with Crippen molar-refractivity contribution in [1.29, 1.82) is 0 Å². The molecule has 0 bridgehead atoms. The number of carbonyl (C=O) groups is 1. The number of rotatable bonds is 5. The van der Waals surface area contributed by atoms with Crippen LogP contribution in [-0.2, 0) is 4.79 Å². The number of amides is 1. The lowest BCUT2D eigenvalue weighted by Crippen LogP contribution is -2.23. The third-order valence-electron chi connectivity index (χ3n) is 5.03. The van der Waals surface area contributed by atoms with Gasteiger partial charge in [0.25, 0.3) is 5.56 Å². The standard InChI is InChI=1S/C24H19Cl2N3O2S/c1-14-7-9-17(11-15(14)2)29-23(31)18-5-3-4-6-21(18)28-24(29)32-13-22(30)27-16-8-10-19(25)20(26)12-16/h3-12H,13H2,1-2H3,(H,27,30). The van der Waals surface area contributed by atoms with Gasteiger partial charge in [0, 0.05) is 5.69 Å². The van der Waals surface area contributed by atoms with Crippen LogP contribution in [0, 0.1) is 13.8 Å². The van der Waals surface area contributed by atoms with Gasteiger partial charge in [-0.15, -0.1) is 0 Å². The number of aromatic nitrogens is 2. The molecule has 0 spiro atoms. The van der Waals surface area contributed by atoms with Crippen molar-refractivity contribution < 1.29 is 4.79 Å². The van der Waals surface area contributed by atoms with Crippen molar-refractivity contribution in [2.45, 2.75) is 19.0 Å². The zero-order valence-electron chi connectivity index (χ0n) is 17.4. The first kappa shape index (κ1) is 22.4.